The smallest absolute Gasteiger partial charge is 0.298 e. The summed E-state index contributed by atoms with van der Waals surface area (Å²) in [5, 5.41) is 9.61. The number of aromatic nitrogens is 1. The molecule has 2 heterocycles. The first-order valence-corrected chi connectivity index (χ1v) is 8.52. The maximum Gasteiger partial charge on any atom is 0.298 e. The maximum absolute atomic E-state index is 13.8. The molecule has 1 aliphatic rings. The first-order valence-electron chi connectivity index (χ1n) is 8.52. The van der Waals surface area contributed by atoms with E-state index in [4.69, 9.17) is 9.15 Å². The van der Waals surface area contributed by atoms with Gasteiger partial charge in [-0.2, -0.15) is 4.98 Å². The van der Waals surface area contributed by atoms with Crippen LogP contribution in [0.15, 0.2) is 40.8 Å². The summed E-state index contributed by atoms with van der Waals surface area (Å²) in [4.78, 5) is 8.88. The number of benzene rings is 2. The fraction of sp³-hybridized carbons (Fsp3) is 0.316. The zero-order valence-corrected chi connectivity index (χ0v) is 14.5. The number of fused-ring (bicyclic) bond motifs is 1. The van der Waals surface area contributed by atoms with Crippen LogP contribution in [0, 0.1) is 5.82 Å². The summed E-state index contributed by atoms with van der Waals surface area (Å²) in [5.74, 6) is -0.952. The third-order valence-electron chi connectivity index (χ3n) is 4.64. The van der Waals surface area contributed by atoms with Gasteiger partial charge < -0.3 is 19.2 Å². The summed E-state index contributed by atoms with van der Waals surface area (Å²) in [6.45, 7) is 3.77. The van der Waals surface area contributed by atoms with Crippen molar-refractivity contribution in [1.82, 2.24) is 9.88 Å². The van der Waals surface area contributed by atoms with Crippen molar-refractivity contribution in [2.45, 2.75) is 6.54 Å². The molecule has 136 valence electrons. The number of piperazine rings is 1. The number of hydrogen-bond acceptors (Lipinski definition) is 6. The second kappa shape index (κ2) is 6.84. The molecule has 7 heteroatoms. The molecular formula is C19H20FN3O3. The minimum absolute atomic E-state index is 0.158. The molecule has 0 spiro atoms. The van der Waals surface area contributed by atoms with E-state index in [1.807, 2.05) is 24.3 Å². The fourth-order valence-corrected chi connectivity index (χ4v) is 3.22. The molecular weight excluding hydrogens is 337 g/mol. The van der Waals surface area contributed by atoms with Crippen molar-refractivity contribution in [3.63, 3.8) is 0 Å². The highest BCUT2D eigenvalue weighted by atomic mass is 19.1. The molecule has 4 rings (SSSR count). The Labute approximate surface area is 150 Å². The van der Waals surface area contributed by atoms with E-state index in [-0.39, 0.29) is 5.75 Å². The lowest BCUT2D eigenvalue weighted by atomic mass is 10.1. The van der Waals surface area contributed by atoms with Gasteiger partial charge in [-0.05, 0) is 29.8 Å². The Morgan fingerprint density at radius 2 is 1.96 bits per heavy atom. The summed E-state index contributed by atoms with van der Waals surface area (Å²) in [6, 6.07) is 11.4. The van der Waals surface area contributed by atoms with Crippen molar-refractivity contribution in [2.24, 2.45) is 0 Å². The third kappa shape index (κ3) is 3.17. The first kappa shape index (κ1) is 16.7. The number of oxazole rings is 1. The molecule has 0 atom stereocenters. The molecule has 1 fully saturated rings. The quantitative estimate of drug-likeness (QED) is 0.775. The highest BCUT2D eigenvalue weighted by molar-refractivity contribution is 5.74. The number of methoxy groups -OCH3 is 1. The predicted molar refractivity (Wildman–Crippen MR) is 96.1 cm³/mol. The Kier molecular flexibility index (Phi) is 4.38. The number of nitrogens with zero attached hydrogens (tertiary/aromatic N) is 3. The number of hydrogen-bond donors (Lipinski definition) is 1. The number of aromatic hydroxyl groups is 1. The maximum atomic E-state index is 13.8. The summed E-state index contributed by atoms with van der Waals surface area (Å²) in [6.07, 6.45) is 0. The fourth-order valence-electron chi connectivity index (χ4n) is 3.22. The number of rotatable bonds is 4. The van der Waals surface area contributed by atoms with Crippen LogP contribution in [0.3, 0.4) is 0 Å². The molecule has 0 aliphatic carbocycles. The van der Waals surface area contributed by atoms with E-state index in [1.165, 1.54) is 13.2 Å². The summed E-state index contributed by atoms with van der Waals surface area (Å²) < 4.78 is 24.6. The second-order valence-electron chi connectivity index (χ2n) is 6.36. The number of phenols is 1. The van der Waals surface area contributed by atoms with Crippen LogP contribution >= 0.6 is 0 Å². The van der Waals surface area contributed by atoms with Gasteiger partial charge in [0.15, 0.2) is 22.9 Å². The Hall–Kier alpha value is -2.80. The SMILES string of the molecule is COc1cc(CN2CCN(c3nc4ccccc4o3)CC2)cc(F)c1O. The van der Waals surface area contributed by atoms with Crippen LogP contribution in [0.25, 0.3) is 11.1 Å². The van der Waals surface area contributed by atoms with E-state index in [1.54, 1.807) is 6.07 Å². The van der Waals surface area contributed by atoms with Crippen molar-refractivity contribution >= 4 is 17.1 Å². The van der Waals surface area contributed by atoms with Crippen LogP contribution in [0.2, 0.25) is 0 Å². The predicted octanol–water partition coefficient (Wildman–Crippen LogP) is 3.00. The number of phenolic OH excluding ortho intramolecular Hbond substituents is 1. The molecule has 1 N–H and O–H groups in total. The van der Waals surface area contributed by atoms with Crippen molar-refractivity contribution in [1.29, 1.82) is 0 Å². The van der Waals surface area contributed by atoms with Gasteiger partial charge >= 0.3 is 0 Å². The van der Waals surface area contributed by atoms with Gasteiger partial charge in [-0.15, -0.1) is 0 Å². The summed E-state index contributed by atoms with van der Waals surface area (Å²) in [7, 11) is 1.41. The van der Waals surface area contributed by atoms with Crippen molar-refractivity contribution in [2.75, 3.05) is 38.2 Å². The lowest BCUT2D eigenvalue weighted by molar-refractivity contribution is 0.244. The van der Waals surface area contributed by atoms with Gasteiger partial charge in [0.25, 0.3) is 6.01 Å². The van der Waals surface area contributed by atoms with Gasteiger partial charge in [-0.25, -0.2) is 4.39 Å². The van der Waals surface area contributed by atoms with E-state index in [0.717, 1.165) is 42.8 Å². The molecule has 1 aliphatic heterocycles. The van der Waals surface area contributed by atoms with Crippen LogP contribution in [0.1, 0.15) is 5.56 Å². The van der Waals surface area contributed by atoms with E-state index < -0.39 is 11.6 Å². The van der Waals surface area contributed by atoms with Crippen molar-refractivity contribution in [3.8, 4) is 11.5 Å². The Bertz CT molecular complexity index is 887. The average molecular weight is 357 g/mol. The Balaban J connectivity index is 1.41. The van der Waals surface area contributed by atoms with Crippen LogP contribution in [-0.4, -0.2) is 48.3 Å². The standard InChI is InChI=1S/C19H20FN3O3/c1-25-17-11-13(10-14(20)18(17)24)12-22-6-8-23(9-7-22)19-21-15-4-2-3-5-16(15)26-19/h2-5,10-11,24H,6-9,12H2,1H3. The summed E-state index contributed by atoms with van der Waals surface area (Å²) in [5.41, 5.74) is 2.42. The number of halogens is 1. The molecule has 0 unspecified atom stereocenters. The van der Waals surface area contributed by atoms with Gasteiger partial charge in [-0.3, -0.25) is 4.90 Å². The zero-order valence-electron chi connectivity index (χ0n) is 14.5. The molecule has 1 saturated heterocycles. The Morgan fingerprint density at radius 3 is 2.69 bits per heavy atom. The molecule has 0 bridgehead atoms. The molecule has 0 saturated carbocycles. The molecule has 0 radical (unpaired) electrons. The molecule has 3 aromatic rings. The van der Waals surface area contributed by atoms with E-state index in [0.29, 0.717) is 12.6 Å². The summed E-state index contributed by atoms with van der Waals surface area (Å²) >= 11 is 0. The van der Waals surface area contributed by atoms with E-state index in [9.17, 15) is 9.50 Å². The monoisotopic (exact) mass is 357 g/mol. The molecule has 2 aromatic carbocycles. The van der Waals surface area contributed by atoms with Gasteiger partial charge in [0.05, 0.1) is 7.11 Å². The van der Waals surface area contributed by atoms with E-state index in [2.05, 4.69) is 14.8 Å². The van der Waals surface area contributed by atoms with E-state index >= 15 is 0 Å². The zero-order chi connectivity index (χ0) is 18.1. The highest BCUT2D eigenvalue weighted by Gasteiger charge is 2.22. The minimum Gasteiger partial charge on any atom is -0.502 e. The molecule has 6 nitrogen and oxygen atoms in total. The highest BCUT2D eigenvalue weighted by Crippen LogP contribution is 2.31. The topological polar surface area (TPSA) is 62.0 Å². The Morgan fingerprint density at radius 1 is 1.19 bits per heavy atom. The van der Waals surface area contributed by atoms with Gasteiger partial charge in [0.2, 0.25) is 0 Å². The van der Waals surface area contributed by atoms with Crippen LogP contribution < -0.4 is 9.64 Å². The normalized spacial score (nSPS) is 15.5. The second-order valence-corrected chi connectivity index (χ2v) is 6.36. The van der Waals surface area contributed by atoms with Crippen LogP contribution in [-0.2, 0) is 6.54 Å². The third-order valence-corrected chi connectivity index (χ3v) is 4.64. The largest absolute Gasteiger partial charge is 0.502 e. The molecule has 0 amide bonds. The minimum atomic E-state index is -0.663. The molecule has 1 aromatic heterocycles. The average Bonchev–Trinajstić information content (AvgIpc) is 3.09. The molecule has 26 heavy (non-hydrogen) atoms. The number of anilines is 1. The van der Waals surface area contributed by atoms with Crippen molar-refractivity contribution < 1.29 is 18.7 Å². The van der Waals surface area contributed by atoms with Crippen LogP contribution in [0.5, 0.6) is 11.5 Å². The van der Waals surface area contributed by atoms with Gasteiger partial charge in [0.1, 0.15) is 5.52 Å². The first-order chi connectivity index (χ1) is 12.6. The van der Waals surface area contributed by atoms with Gasteiger partial charge in [0, 0.05) is 32.7 Å². The number of ether oxygens (including phenoxy) is 1. The lowest BCUT2D eigenvalue weighted by Crippen LogP contribution is -2.46. The van der Waals surface area contributed by atoms with Crippen molar-refractivity contribution in [3.05, 3.63) is 47.8 Å². The van der Waals surface area contributed by atoms with Crippen LogP contribution in [0.4, 0.5) is 10.4 Å². The lowest BCUT2D eigenvalue weighted by Gasteiger charge is -2.33. The van der Waals surface area contributed by atoms with Gasteiger partial charge in [-0.1, -0.05) is 12.1 Å². The number of para-hydroxylation sites is 2.